The van der Waals surface area contributed by atoms with Crippen LogP contribution in [0.2, 0.25) is 0 Å². The molecule has 3 aromatic carbocycles. The fraction of sp³-hybridized carbons (Fsp3) is 0.231. The van der Waals surface area contributed by atoms with Gasteiger partial charge in [0.15, 0.2) is 0 Å². The highest BCUT2D eigenvalue weighted by Gasteiger charge is 2.19. The number of hydrogen-bond donors (Lipinski definition) is 2. The largest absolute Gasteiger partial charge is 0.492 e. The Labute approximate surface area is 173 Å². The second kappa shape index (κ2) is 10.6. The molecular formula is C26H29NO2. The molecule has 2 N–H and O–H groups in total. The van der Waals surface area contributed by atoms with Gasteiger partial charge in [0.25, 0.3) is 0 Å². The van der Waals surface area contributed by atoms with Gasteiger partial charge in [0.1, 0.15) is 12.4 Å². The van der Waals surface area contributed by atoms with Crippen LogP contribution in [-0.4, -0.2) is 31.9 Å². The van der Waals surface area contributed by atoms with Gasteiger partial charge in [0, 0.05) is 19.1 Å². The average Bonchev–Trinajstić information content (AvgIpc) is 2.79. The molecule has 3 rings (SSSR count). The molecule has 0 amide bonds. The van der Waals surface area contributed by atoms with Crippen LogP contribution in [-0.2, 0) is 0 Å². The second-order valence-electron chi connectivity index (χ2n) is 7.08. The lowest BCUT2D eigenvalue weighted by Gasteiger charge is -2.21. The third-order valence-electron chi connectivity index (χ3n) is 4.95. The van der Waals surface area contributed by atoms with Crippen LogP contribution < -0.4 is 10.1 Å². The summed E-state index contributed by atoms with van der Waals surface area (Å²) in [6.45, 7) is 3.60. The van der Waals surface area contributed by atoms with Gasteiger partial charge in [0.2, 0.25) is 0 Å². The molecule has 0 saturated heterocycles. The van der Waals surface area contributed by atoms with Gasteiger partial charge in [-0.3, -0.25) is 0 Å². The van der Waals surface area contributed by atoms with E-state index in [1.807, 2.05) is 43.4 Å². The first-order valence-electron chi connectivity index (χ1n) is 10.1. The highest BCUT2D eigenvalue weighted by atomic mass is 16.5. The minimum Gasteiger partial charge on any atom is -0.492 e. The Morgan fingerprint density at radius 2 is 1.38 bits per heavy atom. The molecule has 3 aromatic rings. The van der Waals surface area contributed by atoms with Crippen molar-refractivity contribution in [2.45, 2.75) is 6.92 Å². The Morgan fingerprint density at radius 3 is 1.93 bits per heavy atom. The van der Waals surface area contributed by atoms with Crippen molar-refractivity contribution >= 4 is 11.1 Å². The van der Waals surface area contributed by atoms with E-state index >= 15 is 0 Å². The maximum absolute atomic E-state index is 10.0. The monoisotopic (exact) mass is 387 g/mol. The molecule has 0 aromatic heterocycles. The third-order valence-corrected chi connectivity index (χ3v) is 4.95. The molecule has 1 unspecified atom stereocenters. The summed E-state index contributed by atoms with van der Waals surface area (Å²) in [5.74, 6) is 0.854. The molecule has 3 heteroatoms. The predicted octanol–water partition coefficient (Wildman–Crippen LogP) is 4.87. The highest BCUT2D eigenvalue weighted by molar-refractivity contribution is 5.99. The number of benzene rings is 3. The molecule has 0 aliphatic heterocycles. The van der Waals surface area contributed by atoms with Gasteiger partial charge in [0.05, 0.1) is 0 Å². The first-order chi connectivity index (χ1) is 14.2. The molecule has 1 atom stereocenters. The number of rotatable bonds is 9. The third kappa shape index (κ3) is 5.35. The summed E-state index contributed by atoms with van der Waals surface area (Å²) in [6, 6.07) is 28.9. The standard InChI is InChI=1S/C26H29NO2/c1-20(19-28)25(21-9-5-3-6-10-21)26(22-11-7-4-8-12-22)23-13-15-24(16-14-23)29-18-17-27-2/h3-16,20,27-28H,17-19H2,1-2H3/b26-25-. The summed E-state index contributed by atoms with van der Waals surface area (Å²) in [7, 11) is 1.91. The maximum atomic E-state index is 10.0. The number of aliphatic hydroxyl groups excluding tert-OH is 1. The van der Waals surface area contributed by atoms with Gasteiger partial charge in [-0.1, -0.05) is 79.7 Å². The first kappa shape index (κ1) is 20.8. The Kier molecular flexibility index (Phi) is 7.62. The van der Waals surface area contributed by atoms with E-state index in [1.54, 1.807) is 0 Å². The van der Waals surface area contributed by atoms with Crippen LogP contribution in [0.3, 0.4) is 0 Å². The number of nitrogens with one attached hydrogen (secondary N) is 1. The van der Waals surface area contributed by atoms with E-state index in [2.05, 4.69) is 60.8 Å². The van der Waals surface area contributed by atoms with Gasteiger partial charge in [-0.15, -0.1) is 0 Å². The van der Waals surface area contributed by atoms with Crippen molar-refractivity contribution in [3.63, 3.8) is 0 Å². The van der Waals surface area contributed by atoms with Gasteiger partial charge < -0.3 is 15.2 Å². The summed E-state index contributed by atoms with van der Waals surface area (Å²) >= 11 is 0. The van der Waals surface area contributed by atoms with E-state index in [1.165, 1.54) is 0 Å². The van der Waals surface area contributed by atoms with Crippen LogP contribution in [0.15, 0.2) is 84.9 Å². The number of likely N-dealkylation sites (N-methyl/N-ethyl adjacent to an activating group) is 1. The summed E-state index contributed by atoms with van der Waals surface area (Å²) in [5, 5.41) is 13.1. The molecule has 0 heterocycles. The van der Waals surface area contributed by atoms with Gasteiger partial charge >= 0.3 is 0 Å². The Bertz CT molecular complexity index is 902. The molecule has 0 bridgehead atoms. The summed E-state index contributed by atoms with van der Waals surface area (Å²) in [4.78, 5) is 0. The van der Waals surface area contributed by atoms with Crippen molar-refractivity contribution in [1.82, 2.24) is 5.32 Å². The lowest BCUT2D eigenvalue weighted by molar-refractivity contribution is 0.266. The van der Waals surface area contributed by atoms with Crippen molar-refractivity contribution in [2.24, 2.45) is 5.92 Å². The fourth-order valence-electron chi connectivity index (χ4n) is 3.46. The minimum atomic E-state index is -0.000777. The van der Waals surface area contributed by atoms with Crippen LogP contribution in [0.25, 0.3) is 11.1 Å². The zero-order valence-electron chi connectivity index (χ0n) is 17.1. The average molecular weight is 388 g/mol. The molecule has 0 spiro atoms. The Balaban J connectivity index is 2.12. The second-order valence-corrected chi connectivity index (χ2v) is 7.08. The van der Waals surface area contributed by atoms with E-state index in [9.17, 15) is 5.11 Å². The Morgan fingerprint density at radius 1 is 0.828 bits per heavy atom. The van der Waals surface area contributed by atoms with Crippen molar-refractivity contribution in [3.05, 3.63) is 102 Å². The van der Waals surface area contributed by atoms with Crippen molar-refractivity contribution in [3.8, 4) is 5.75 Å². The zero-order chi connectivity index (χ0) is 20.5. The lowest BCUT2D eigenvalue weighted by atomic mass is 9.83. The quantitative estimate of drug-likeness (QED) is 0.406. The molecule has 0 aliphatic rings. The van der Waals surface area contributed by atoms with Crippen LogP contribution in [0, 0.1) is 5.92 Å². The molecule has 0 saturated carbocycles. The van der Waals surface area contributed by atoms with Crippen LogP contribution >= 0.6 is 0 Å². The van der Waals surface area contributed by atoms with E-state index in [0.29, 0.717) is 6.61 Å². The SMILES string of the molecule is CNCCOc1ccc(/C(=C(\c2ccccc2)C(C)CO)c2ccccc2)cc1. The lowest BCUT2D eigenvalue weighted by Crippen LogP contribution is -2.15. The molecule has 29 heavy (non-hydrogen) atoms. The number of aliphatic hydroxyl groups is 1. The van der Waals surface area contributed by atoms with Crippen LogP contribution in [0.4, 0.5) is 0 Å². The van der Waals surface area contributed by atoms with Gasteiger partial charge in [-0.05, 0) is 47.0 Å². The number of ether oxygens (including phenoxy) is 1. The summed E-state index contributed by atoms with van der Waals surface area (Å²) < 4.78 is 5.78. The minimum absolute atomic E-state index is 0.000777. The maximum Gasteiger partial charge on any atom is 0.119 e. The zero-order valence-corrected chi connectivity index (χ0v) is 17.1. The predicted molar refractivity (Wildman–Crippen MR) is 121 cm³/mol. The summed E-state index contributed by atoms with van der Waals surface area (Å²) in [6.07, 6.45) is 0. The molecule has 0 radical (unpaired) electrons. The van der Waals surface area contributed by atoms with Crippen molar-refractivity contribution in [2.75, 3.05) is 26.8 Å². The van der Waals surface area contributed by atoms with E-state index in [-0.39, 0.29) is 12.5 Å². The smallest absolute Gasteiger partial charge is 0.119 e. The normalized spacial score (nSPS) is 12.9. The van der Waals surface area contributed by atoms with Crippen LogP contribution in [0.5, 0.6) is 5.75 Å². The molecular weight excluding hydrogens is 358 g/mol. The molecule has 3 nitrogen and oxygen atoms in total. The summed E-state index contributed by atoms with van der Waals surface area (Å²) in [5.41, 5.74) is 5.65. The highest BCUT2D eigenvalue weighted by Crippen LogP contribution is 2.37. The molecule has 0 fully saturated rings. The molecule has 0 aliphatic carbocycles. The van der Waals surface area contributed by atoms with Gasteiger partial charge in [-0.2, -0.15) is 0 Å². The number of hydrogen-bond acceptors (Lipinski definition) is 3. The topological polar surface area (TPSA) is 41.5 Å². The Hall–Kier alpha value is -2.88. The fourth-order valence-corrected chi connectivity index (χ4v) is 3.46. The molecule has 150 valence electrons. The van der Waals surface area contributed by atoms with Gasteiger partial charge in [-0.25, -0.2) is 0 Å². The van der Waals surface area contributed by atoms with E-state index in [0.717, 1.165) is 40.1 Å². The van der Waals surface area contributed by atoms with E-state index < -0.39 is 0 Å². The van der Waals surface area contributed by atoms with E-state index in [4.69, 9.17) is 4.74 Å². The van der Waals surface area contributed by atoms with Crippen molar-refractivity contribution in [1.29, 1.82) is 0 Å². The van der Waals surface area contributed by atoms with Crippen LogP contribution in [0.1, 0.15) is 23.6 Å². The first-order valence-corrected chi connectivity index (χ1v) is 10.1. The van der Waals surface area contributed by atoms with Crippen molar-refractivity contribution < 1.29 is 9.84 Å².